The van der Waals surface area contributed by atoms with Gasteiger partial charge in [0.15, 0.2) is 0 Å². The SMILES string of the molecule is C=C1[C@@H]2CC[C@@H]3[C@@H](O)[C@@]2(C[C@H](O)[C@@]2(O)[C@H]1C[C@H](O)C2(C)C)C[C@@]3(C)O. The number of hydrogen-bond donors (Lipinski definition) is 5. The molecule has 9 atom stereocenters. The molecule has 0 radical (unpaired) electrons. The van der Waals surface area contributed by atoms with E-state index in [-0.39, 0.29) is 18.3 Å². The van der Waals surface area contributed by atoms with Crippen molar-refractivity contribution in [2.24, 2.45) is 28.6 Å². The summed E-state index contributed by atoms with van der Waals surface area (Å²) in [5.41, 5.74) is -3.12. The second kappa shape index (κ2) is 4.87. The van der Waals surface area contributed by atoms with Crippen LogP contribution < -0.4 is 0 Å². The zero-order chi connectivity index (χ0) is 18.6. The maximum Gasteiger partial charge on any atom is 0.105 e. The molecular weight excluding hydrogens is 320 g/mol. The summed E-state index contributed by atoms with van der Waals surface area (Å²) < 4.78 is 0. The van der Waals surface area contributed by atoms with Gasteiger partial charge < -0.3 is 25.5 Å². The minimum atomic E-state index is -1.47. The number of aliphatic hydroxyl groups excluding tert-OH is 3. The van der Waals surface area contributed by atoms with Crippen LogP contribution in [0.1, 0.15) is 52.9 Å². The van der Waals surface area contributed by atoms with Gasteiger partial charge >= 0.3 is 0 Å². The summed E-state index contributed by atoms with van der Waals surface area (Å²) in [4.78, 5) is 0. The first-order valence-electron chi connectivity index (χ1n) is 9.57. The van der Waals surface area contributed by atoms with Gasteiger partial charge in [-0.15, -0.1) is 0 Å². The molecule has 0 unspecified atom stereocenters. The molecule has 4 rings (SSSR count). The third kappa shape index (κ3) is 1.86. The molecule has 142 valence electrons. The van der Waals surface area contributed by atoms with E-state index in [0.29, 0.717) is 19.3 Å². The molecule has 4 aliphatic rings. The lowest BCUT2D eigenvalue weighted by atomic mass is 9.61. The van der Waals surface area contributed by atoms with Crippen molar-refractivity contribution in [3.8, 4) is 0 Å². The minimum Gasteiger partial charge on any atom is -0.392 e. The zero-order valence-corrected chi connectivity index (χ0v) is 15.4. The van der Waals surface area contributed by atoms with Crippen LogP contribution in [0.15, 0.2) is 12.2 Å². The van der Waals surface area contributed by atoms with Gasteiger partial charge in [-0.3, -0.25) is 0 Å². The number of fused-ring (bicyclic) bond motifs is 2. The summed E-state index contributed by atoms with van der Waals surface area (Å²) in [6.07, 6.45) is 0.0421. The Labute approximate surface area is 149 Å². The molecule has 5 heteroatoms. The van der Waals surface area contributed by atoms with Gasteiger partial charge in [-0.1, -0.05) is 26.0 Å². The van der Waals surface area contributed by atoms with Crippen LogP contribution >= 0.6 is 0 Å². The molecular formula is C20H32O5. The number of aliphatic hydroxyl groups is 5. The highest BCUT2D eigenvalue weighted by Gasteiger charge is 2.72. The van der Waals surface area contributed by atoms with Crippen molar-refractivity contribution >= 4 is 0 Å². The molecule has 4 aliphatic carbocycles. The van der Waals surface area contributed by atoms with Gasteiger partial charge in [0, 0.05) is 22.7 Å². The smallest absolute Gasteiger partial charge is 0.105 e. The average molecular weight is 352 g/mol. The summed E-state index contributed by atoms with van der Waals surface area (Å²) in [5.74, 6) is -0.649. The molecule has 5 N–H and O–H groups in total. The zero-order valence-electron chi connectivity index (χ0n) is 15.4. The van der Waals surface area contributed by atoms with Crippen LogP contribution in [-0.4, -0.2) is 55.0 Å². The Kier molecular flexibility index (Phi) is 3.49. The Morgan fingerprint density at radius 3 is 2.24 bits per heavy atom. The first kappa shape index (κ1) is 17.9. The van der Waals surface area contributed by atoms with E-state index in [4.69, 9.17) is 0 Å². The lowest BCUT2D eigenvalue weighted by Gasteiger charge is -2.46. The highest BCUT2D eigenvalue weighted by Crippen LogP contribution is 2.68. The molecule has 25 heavy (non-hydrogen) atoms. The highest BCUT2D eigenvalue weighted by molar-refractivity contribution is 5.31. The van der Waals surface area contributed by atoms with Crippen LogP contribution in [0, 0.1) is 28.6 Å². The molecule has 5 nitrogen and oxygen atoms in total. The molecule has 2 bridgehead atoms. The average Bonchev–Trinajstić information content (AvgIpc) is 2.71. The van der Waals surface area contributed by atoms with Gasteiger partial charge in [0.1, 0.15) is 5.60 Å². The lowest BCUT2D eigenvalue weighted by molar-refractivity contribution is -0.174. The fourth-order valence-corrected chi connectivity index (χ4v) is 7.23. The maximum absolute atomic E-state index is 11.6. The van der Waals surface area contributed by atoms with Gasteiger partial charge in [-0.25, -0.2) is 0 Å². The second-order valence-corrected chi connectivity index (χ2v) is 10.1. The summed E-state index contributed by atoms with van der Waals surface area (Å²) >= 11 is 0. The van der Waals surface area contributed by atoms with Crippen LogP contribution in [0.5, 0.6) is 0 Å². The Balaban J connectivity index is 1.85. The van der Waals surface area contributed by atoms with Crippen LogP contribution in [0.2, 0.25) is 0 Å². The normalized spacial score (nSPS) is 60.1. The standard InChI is InChI=1S/C20H32O5/c1-10-11-5-6-12-16(23)19(11,9-18(12,4)24)8-15(22)20(25)13(10)7-14(21)17(20,2)3/h11-16,21-25H,1,5-9H2,2-4H3/t11-,12+,13-,14-,15-,16+,18+,19-,20-/m0/s1. The van der Waals surface area contributed by atoms with Crippen LogP contribution in [-0.2, 0) is 0 Å². The molecule has 0 aromatic carbocycles. The third-order valence-electron chi connectivity index (χ3n) is 8.75. The van der Waals surface area contributed by atoms with E-state index in [2.05, 4.69) is 6.58 Å². The van der Waals surface area contributed by atoms with E-state index in [0.717, 1.165) is 12.0 Å². The van der Waals surface area contributed by atoms with Crippen molar-refractivity contribution in [2.45, 2.75) is 82.4 Å². The monoisotopic (exact) mass is 352 g/mol. The number of rotatable bonds is 0. The van der Waals surface area contributed by atoms with Crippen molar-refractivity contribution in [1.29, 1.82) is 0 Å². The topological polar surface area (TPSA) is 101 Å². The molecule has 0 aromatic heterocycles. The van der Waals surface area contributed by atoms with Crippen LogP contribution in [0.25, 0.3) is 0 Å². The van der Waals surface area contributed by atoms with Crippen molar-refractivity contribution < 1.29 is 25.5 Å². The Bertz CT molecular complexity index is 613. The Morgan fingerprint density at radius 1 is 0.960 bits per heavy atom. The highest BCUT2D eigenvalue weighted by atomic mass is 16.4. The van der Waals surface area contributed by atoms with Gasteiger partial charge in [-0.2, -0.15) is 0 Å². The van der Waals surface area contributed by atoms with Gasteiger partial charge in [0.25, 0.3) is 0 Å². The summed E-state index contributed by atoms with van der Waals surface area (Å²) in [5, 5.41) is 55.2. The fraction of sp³-hybridized carbons (Fsp3) is 0.900. The molecule has 0 saturated heterocycles. The molecule has 1 spiro atoms. The largest absolute Gasteiger partial charge is 0.392 e. The van der Waals surface area contributed by atoms with E-state index < -0.39 is 46.3 Å². The van der Waals surface area contributed by atoms with Gasteiger partial charge in [-0.05, 0) is 44.9 Å². The molecule has 0 amide bonds. The van der Waals surface area contributed by atoms with E-state index in [1.807, 2.05) is 0 Å². The molecule has 4 saturated carbocycles. The maximum atomic E-state index is 11.6. The van der Waals surface area contributed by atoms with E-state index in [9.17, 15) is 25.5 Å². The predicted molar refractivity (Wildman–Crippen MR) is 92.5 cm³/mol. The summed E-state index contributed by atoms with van der Waals surface area (Å²) in [7, 11) is 0. The predicted octanol–water partition coefficient (Wildman–Crippen LogP) is 0.974. The molecule has 0 aromatic rings. The second-order valence-electron chi connectivity index (χ2n) is 10.1. The van der Waals surface area contributed by atoms with Crippen molar-refractivity contribution in [2.75, 3.05) is 0 Å². The van der Waals surface area contributed by atoms with Crippen LogP contribution in [0.3, 0.4) is 0 Å². The third-order valence-corrected chi connectivity index (χ3v) is 8.75. The Morgan fingerprint density at radius 2 is 1.60 bits per heavy atom. The van der Waals surface area contributed by atoms with Crippen molar-refractivity contribution in [1.82, 2.24) is 0 Å². The quantitative estimate of drug-likeness (QED) is 0.418. The number of hydrogen-bond acceptors (Lipinski definition) is 5. The summed E-state index contributed by atoms with van der Waals surface area (Å²) in [6.45, 7) is 9.67. The molecule has 4 fully saturated rings. The van der Waals surface area contributed by atoms with Crippen LogP contribution in [0.4, 0.5) is 0 Å². The van der Waals surface area contributed by atoms with E-state index >= 15 is 0 Å². The Hall–Kier alpha value is -0.460. The van der Waals surface area contributed by atoms with Gasteiger partial charge in [0.05, 0.1) is 23.9 Å². The lowest BCUT2D eigenvalue weighted by Crippen LogP contribution is -2.57. The van der Waals surface area contributed by atoms with Crippen molar-refractivity contribution in [3.63, 3.8) is 0 Å². The first-order chi connectivity index (χ1) is 11.4. The molecule has 0 aliphatic heterocycles. The van der Waals surface area contributed by atoms with Crippen molar-refractivity contribution in [3.05, 3.63) is 12.2 Å². The fourth-order valence-electron chi connectivity index (χ4n) is 7.23. The van der Waals surface area contributed by atoms with Gasteiger partial charge in [0.2, 0.25) is 0 Å². The van der Waals surface area contributed by atoms with E-state index in [1.165, 1.54) is 0 Å². The van der Waals surface area contributed by atoms with E-state index in [1.54, 1.807) is 20.8 Å². The summed E-state index contributed by atoms with van der Waals surface area (Å²) in [6, 6.07) is 0. The first-order valence-corrected chi connectivity index (χ1v) is 9.57. The minimum absolute atomic E-state index is 0.0532. The molecule has 0 heterocycles.